The van der Waals surface area contributed by atoms with E-state index in [2.05, 4.69) is 35.3 Å². The number of carbonyl (C=O) groups is 2. The molecular formula is C18H25N5O4S. The highest BCUT2D eigenvalue weighted by atomic mass is 32.1. The van der Waals surface area contributed by atoms with Gasteiger partial charge in [0, 0.05) is 23.7 Å². The van der Waals surface area contributed by atoms with E-state index >= 15 is 0 Å². The van der Waals surface area contributed by atoms with E-state index in [-0.39, 0.29) is 23.8 Å². The number of nitro benzene ring substituents is 1. The summed E-state index contributed by atoms with van der Waals surface area (Å²) in [5.41, 5.74) is 4.96. The highest BCUT2D eigenvalue weighted by molar-refractivity contribution is 7.80. The van der Waals surface area contributed by atoms with Crippen molar-refractivity contribution < 1.29 is 14.5 Å². The normalized spacial score (nSPS) is 21.3. The number of thiocarbonyl (C=S) groups is 1. The SMILES string of the molecule is C[C@@H]1[C@H](C)CCC[C@@H]1NC(=S)NNC(=O)CNC(=O)c1cccc([N+](=O)[O-])c1. The fourth-order valence-electron chi connectivity index (χ4n) is 3.18. The number of nitrogens with zero attached hydrogens (tertiary/aromatic N) is 1. The molecule has 3 atom stereocenters. The van der Waals surface area contributed by atoms with Gasteiger partial charge in [-0.2, -0.15) is 0 Å². The number of nitrogens with one attached hydrogen (secondary N) is 4. The van der Waals surface area contributed by atoms with Crippen molar-refractivity contribution in [1.82, 2.24) is 21.5 Å². The van der Waals surface area contributed by atoms with Crippen molar-refractivity contribution in [2.24, 2.45) is 11.8 Å². The van der Waals surface area contributed by atoms with Gasteiger partial charge >= 0.3 is 0 Å². The lowest BCUT2D eigenvalue weighted by Gasteiger charge is -2.35. The number of nitro groups is 1. The molecule has 1 aliphatic carbocycles. The number of benzene rings is 1. The van der Waals surface area contributed by atoms with Gasteiger partial charge in [-0.15, -0.1) is 0 Å². The maximum absolute atomic E-state index is 12.0. The average Bonchev–Trinajstić information content (AvgIpc) is 2.68. The van der Waals surface area contributed by atoms with Gasteiger partial charge in [-0.3, -0.25) is 30.6 Å². The Morgan fingerprint density at radius 1 is 1.25 bits per heavy atom. The van der Waals surface area contributed by atoms with Crippen LogP contribution in [0.2, 0.25) is 0 Å². The average molecular weight is 407 g/mol. The highest BCUT2D eigenvalue weighted by Crippen LogP contribution is 2.29. The molecule has 1 fully saturated rings. The summed E-state index contributed by atoms with van der Waals surface area (Å²) in [5.74, 6) is 0.0312. The lowest BCUT2D eigenvalue weighted by molar-refractivity contribution is -0.384. The van der Waals surface area contributed by atoms with Crippen molar-refractivity contribution in [1.29, 1.82) is 0 Å². The van der Waals surface area contributed by atoms with Crippen molar-refractivity contribution >= 4 is 34.8 Å². The fraction of sp³-hybridized carbons (Fsp3) is 0.500. The van der Waals surface area contributed by atoms with E-state index in [4.69, 9.17) is 12.2 Å². The molecule has 0 aliphatic heterocycles. The number of hydrogen-bond donors (Lipinski definition) is 4. The van der Waals surface area contributed by atoms with Crippen LogP contribution in [0.15, 0.2) is 24.3 Å². The third-order valence-corrected chi connectivity index (χ3v) is 5.29. The maximum Gasteiger partial charge on any atom is 0.270 e. The van der Waals surface area contributed by atoms with Gasteiger partial charge in [0.2, 0.25) is 0 Å². The lowest BCUT2D eigenvalue weighted by atomic mass is 9.78. The number of carbonyl (C=O) groups excluding carboxylic acids is 2. The van der Waals surface area contributed by atoms with Crippen LogP contribution in [0.5, 0.6) is 0 Å². The van der Waals surface area contributed by atoms with Crippen LogP contribution in [0, 0.1) is 22.0 Å². The van der Waals surface area contributed by atoms with Crippen LogP contribution in [0.1, 0.15) is 43.5 Å². The summed E-state index contributed by atoms with van der Waals surface area (Å²) in [6, 6.07) is 5.54. The van der Waals surface area contributed by atoms with E-state index in [0.29, 0.717) is 16.9 Å². The highest BCUT2D eigenvalue weighted by Gasteiger charge is 2.27. The van der Waals surface area contributed by atoms with Crippen LogP contribution in [0.4, 0.5) is 5.69 Å². The molecule has 0 bridgehead atoms. The van der Waals surface area contributed by atoms with Gasteiger partial charge < -0.3 is 10.6 Å². The van der Waals surface area contributed by atoms with E-state index in [1.165, 1.54) is 24.6 Å². The Morgan fingerprint density at radius 3 is 2.71 bits per heavy atom. The third-order valence-electron chi connectivity index (χ3n) is 5.07. The van der Waals surface area contributed by atoms with Crippen LogP contribution < -0.4 is 21.5 Å². The van der Waals surface area contributed by atoms with Crippen LogP contribution in [0.3, 0.4) is 0 Å². The molecular weight excluding hydrogens is 382 g/mol. The monoisotopic (exact) mass is 407 g/mol. The van der Waals surface area contributed by atoms with Crippen LogP contribution in [-0.4, -0.2) is 34.4 Å². The largest absolute Gasteiger partial charge is 0.358 e. The molecule has 1 saturated carbocycles. The quantitative estimate of drug-likeness (QED) is 0.332. The first kappa shape index (κ1) is 21.5. The van der Waals surface area contributed by atoms with Gasteiger partial charge in [-0.1, -0.05) is 32.8 Å². The first-order valence-corrected chi connectivity index (χ1v) is 9.56. The van der Waals surface area contributed by atoms with Gasteiger partial charge in [0.1, 0.15) is 0 Å². The predicted octanol–water partition coefficient (Wildman–Crippen LogP) is 1.64. The minimum Gasteiger partial charge on any atom is -0.358 e. The Hall–Kier alpha value is -2.75. The van der Waals surface area contributed by atoms with Crippen molar-refractivity contribution in [2.75, 3.05) is 6.54 Å². The standard InChI is InChI=1S/C18H25N5O4S/c1-11-5-3-8-15(12(11)2)20-18(28)22-21-16(24)10-19-17(25)13-6-4-7-14(9-13)23(26)27/h4,6-7,9,11-12,15H,3,5,8,10H2,1-2H3,(H,19,25)(H,21,24)(H2,20,22,28)/t11-,12-,15+/m1/s1. The molecule has 0 heterocycles. The molecule has 1 aromatic carbocycles. The molecule has 0 spiro atoms. The van der Waals surface area contributed by atoms with E-state index < -0.39 is 16.7 Å². The second-order valence-electron chi connectivity index (χ2n) is 7.01. The maximum atomic E-state index is 12.0. The van der Waals surface area contributed by atoms with Gasteiger partial charge in [-0.25, -0.2) is 0 Å². The zero-order chi connectivity index (χ0) is 20.7. The molecule has 28 heavy (non-hydrogen) atoms. The Labute approximate surface area is 168 Å². The summed E-state index contributed by atoms with van der Waals surface area (Å²) in [6.45, 7) is 4.11. The molecule has 152 valence electrons. The fourth-order valence-corrected chi connectivity index (χ4v) is 3.39. The van der Waals surface area contributed by atoms with Crippen molar-refractivity contribution in [2.45, 2.75) is 39.2 Å². The minimum atomic E-state index is -0.588. The number of hydrazine groups is 1. The Bertz CT molecular complexity index is 757. The van der Waals surface area contributed by atoms with E-state index in [9.17, 15) is 19.7 Å². The second kappa shape index (κ2) is 9.98. The van der Waals surface area contributed by atoms with Crippen LogP contribution in [-0.2, 0) is 4.79 Å². The molecule has 1 aliphatic rings. The van der Waals surface area contributed by atoms with Gasteiger partial charge in [0.05, 0.1) is 11.5 Å². The van der Waals surface area contributed by atoms with E-state index in [0.717, 1.165) is 18.9 Å². The Morgan fingerprint density at radius 2 is 2.00 bits per heavy atom. The van der Waals surface area contributed by atoms with Crippen LogP contribution in [0.25, 0.3) is 0 Å². The summed E-state index contributed by atoms with van der Waals surface area (Å²) in [5, 5.41) is 16.7. The molecule has 0 unspecified atom stereocenters. The second-order valence-corrected chi connectivity index (χ2v) is 7.42. The van der Waals surface area contributed by atoms with Gasteiger partial charge in [0.15, 0.2) is 5.11 Å². The summed E-state index contributed by atoms with van der Waals surface area (Å²) in [7, 11) is 0. The number of rotatable bonds is 5. The summed E-state index contributed by atoms with van der Waals surface area (Å²) in [4.78, 5) is 34.1. The zero-order valence-corrected chi connectivity index (χ0v) is 16.7. The number of non-ortho nitro benzene ring substituents is 1. The number of amides is 2. The third kappa shape index (κ3) is 6.15. The van der Waals surface area contributed by atoms with Gasteiger partial charge in [-0.05, 0) is 36.5 Å². The van der Waals surface area contributed by atoms with E-state index in [1.54, 1.807) is 0 Å². The minimum absolute atomic E-state index is 0.104. The molecule has 0 saturated heterocycles. The molecule has 0 radical (unpaired) electrons. The Kier molecular flexibility index (Phi) is 7.68. The molecule has 0 aromatic heterocycles. The number of hydrogen-bond acceptors (Lipinski definition) is 5. The van der Waals surface area contributed by atoms with Crippen molar-refractivity contribution in [3.05, 3.63) is 39.9 Å². The van der Waals surface area contributed by atoms with Gasteiger partial charge in [0.25, 0.3) is 17.5 Å². The molecule has 2 amide bonds. The Balaban J connectivity index is 1.73. The first-order valence-electron chi connectivity index (χ1n) is 9.16. The molecule has 1 aromatic rings. The molecule has 10 heteroatoms. The molecule has 9 nitrogen and oxygen atoms in total. The lowest BCUT2D eigenvalue weighted by Crippen LogP contribution is -2.53. The van der Waals surface area contributed by atoms with Crippen molar-refractivity contribution in [3.63, 3.8) is 0 Å². The molecule has 2 rings (SSSR count). The molecule has 4 N–H and O–H groups in total. The summed E-state index contributed by atoms with van der Waals surface area (Å²) < 4.78 is 0. The van der Waals surface area contributed by atoms with Crippen LogP contribution >= 0.6 is 12.2 Å². The zero-order valence-electron chi connectivity index (χ0n) is 15.9. The summed E-state index contributed by atoms with van der Waals surface area (Å²) >= 11 is 5.21. The van der Waals surface area contributed by atoms with E-state index in [1.807, 2.05) is 0 Å². The smallest absolute Gasteiger partial charge is 0.270 e. The summed E-state index contributed by atoms with van der Waals surface area (Å²) in [6.07, 6.45) is 3.38. The van der Waals surface area contributed by atoms with Crippen molar-refractivity contribution in [3.8, 4) is 0 Å². The first-order chi connectivity index (χ1) is 13.3. The topological polar surface area (TPSA) is 125 Å². The predicted molar refractivity (Wildman–Crippen MR) is 108 cm³/mol.